The Morgan fingerprint density at radius 1 is 0.800 bits per heavy atom. The molecule has 0 spiro atoms. The molecule has 0 aliphatic rings. The highest BCUT2D eigenvalue weighted by Crippen LogP contribution is 2.05. The van der Waals surface area contributed by atoms with Crippen LogP contribution in [0.1, 0.15) is 25.7 Å². The Bertz CT molecular complexity index is 519. The molecule has 0 heterocycles. The third-order valence-corrected chi connectivity index (χ3v) is 3.01. The molecular weight excluding hydrogens is 336 g/mol. The van der Waals surface area contributed by atoms with Gasteiger partial charge < -0.3 is 16.8 Å². The van der Waals surface area contributed by atoms with Crippen LogP contribution in [0, 0.1) is 0 Å². The smallest absolute Gasteiger partial charge is 0.256 e. The lowest BCUT2D eigenvalue weighted by Gasteiger charge is -2.19. The zero-order valence-corrected chi connectivity index (χ0v) is 13.5. The van der Waals surface area contributed by atoms with Gasteiger partial charge in [0.05, 0.1) is 0 Å². The van der Waals surface area contributed by atoms with E-state index in [0.717, 1.165) is 0 Å². The molecule has 0 aliphatic heterocycles. The van der Waals surface area contributed by atoms with E-state index in [0.29, 0.717) is 0 Å². The largest absolute Gasteiger partial charge is 0.370 e. The highest BCUT2D eigenvalue weighted by atomic mass is 16.2. The van der Waals surface area contributed by atoms with Crippen LogP contribution in [0.15, 0.2) is 4.99 Å². The molecule has 0 aliphatic carbocycles. The number of rotatable bonds is 10. The van der Waals surface area contributed by atoms with Crippen LogP contribution < -0.4 is 50.6 Å². The van der Waals surface area contributed by atoms with E-state index in [9.17, 15) is 19.2 Å². The molecule has 0 rings (SSSR count). The average molecular weight is 360 g/mol. The van der Waals surface area contributed by atoms with Crippen LogP contribution in [-0.2, 0) is 19.2 Å². The minimum Gasteiger partial charge on any atom is -0.370 e. The molecule has 0 saturated heterocycles. The summed E-state index contributed by atoms with van der Waals surface area (Å²) in [5.74, 6) is 12.0. The van der Waals surface area contributed by atoms with Gasteiger partial charge in [0.15, 0.2) is 5.96 Å². The molecule has 0 aromatic rings. The molecule has 0 aromatic carbocycles. The van der Waals surface area contributed by atoms with Gasteiger partial charge in [-0.05, 0) is 12.8 Å². The van der Waals surface area contributed by atoms with Gasteiger partial charge in [-0.25, -0.2) is 22.5 Å². The monoisotopic (exact) mass is 360 g/mol. The lowest BCUT2D eigenvalue weighted by atomic mass is 10.1. The number of hydrogen-bond donors (Lipinski definition) is 9. The Balaban J connectivity index is 5.02. The van der Waals surface area contributed by atoms with Crippen molar-refractivity contribution in [2.75, 3.05) is 0 Å². The quantitative estimate of drug-likeness (QED) is 0.0591. The van der Waals surface area contributed by atoms with E-state index in [4.69, 9.17) is 29.0 Å². The van der Waals surface area contributed by atoms with Crippen LogP contribution >= 0.6 is 0 Å². The summed E-state index contributed by atoms with van der Waals surface area (Å²) in [5, 5.41) is 2.36. The molecule has 14 N–H and O–H groups in total. The molecule has 0 saturated carbocycles. The predicted octanol–water partition coefficient (Wildman–Crippen LogP) is -5.36. The fraction of sp³-hybridized carbons (Fsp3) is 0.545. The Morgan fingerprint density at radius 3 is 1.76 bits per heavy atom. The number of carbonyl (C=O) groups is 4. The summed E-state index contributed by atoms with van der Waals surface area (Å²) in [4.78, 5) is 50.1. The molecule has 14 heteroatoms. The topological polar surface area (TPSA) is 259 Å². The van der Waals surface area contributed by atoms with Crippen molar-refractivity contribution in [1.82, 2.24) is 21.6 Å². The Hall–Kier alpha value is -2.97. The third-order valence-electron chi connectivity index (χ3n) is 3.01. The van der Waals surface area contributed by atoms with Crippen LogP contribution in [0.3, 0.4) is 0 Å². The van der Waals surface area contributed by atoms with E-state index >= 15 is 0 Å². The minimum absolute atomic E-state index is 0.0625. The number of guanidine groups is 1. The van der Waals surface area contributed by atoms with Gasteiger partial charge in [-0.2, -0.15) is 0 Å². The summed E-state index contributed by atoms with van der Waals surface area (Å²) in [7, 11) is 0. The highest BCUT2D eigenvalue weighted by molar-refractivity contribution is 5.91. The number of amides is 4. The van der Waals surface area contributed by atoms with Gasteiger partial charge in [0, 0.05) is 12.8 Å². The van der Waals surface area contributed by atoms with E-state index in [1.165, 1.54) is 0 Å². The molecule has 1 unspecified atom stereocenters. The molecular formula is C11H24N10O4. The van der Waals surface area contributed by atoms with Crippen molar-refractivity contribution >= 4 is 29.6 Å². The van der Waals surface area contributed by atoms with Crippen LogP contribution in [0.2, 0.25) is 0 Å². The van der Waals surface area contributed by atoms with Gasteiger partial charge in [-0.15, -0.1) is 0 Å². The SMILES string of the molecule is NNC(=O)CCC(N=C(N)N)C(=O)N[C@@H](CCC(=O)NN)C(=O)NN. The van der Waals surface area contributed by atoms with Gasteiger partial charge in [0.25, 0.3) is 5.91 Å². The fourth-order valence-corrected chi connectivity index (χ4v) is 1.76. The molecule has 0 fully saturated rings. The summed E-state index contributed by atoms with van der Waals surface area (Å²) in [6.45, 7) is 0. The van der Waals surface area contributed by atoms with Gasteiger partial charge in [-0.3, -0.25) is 35.5 Å². The molecule has 0 aromatic heterocycles. The van der Waals surface area contributed by atoms with Crippen LogP contribution in [0.4, 0.5) is 0 Å². The Labute approximate surface area is 143 Å². The van der Waals surface area contributed by atoms with Crippen LogP contribution in [0.5, 0.6) is 0 Å². The number of hydrazine groups is 3. The first kappa shape index (κ1) is 22.0. The second-order valence-electron chi connectivity index (χ2n) is 4.85. The van der Waals surface area contributed by atoms with Crippen molar-refractivity contribution in [3.8, 4) is 0 Å². The zero-order valence-electron chi connectivity index (χ0n) is 13.5. The van der Waals surface area contributed by atoms with E-state index in [1.54, 1.807) is 0 Å². The number of carbonyl (C=O) groups excluding carboxylic acids is 4. The fourth-order valence-electron chi connectivity index (χ4n) is 1.76. The molecule has 4 amide bonds. The summed E-state index contributed by atoms with van der Waals surface area (Å²) in [6, 6.07) is -2.27. The molecule has 25 heavy (non-hydrogen) atoms. The first-order chi connectivity index (χ1) is 11.7. The Kier molecular flexibility index (Phi) is 10.2. The summed E-state index contributed by atoms with van der Waals surface area (Å²) in [6.07, 6.45) is -0.408. The lowest BCUT2D eigenvalue weighted by molar-refractivity contribution is -0.130. The first-order valence-corrected chi connectivity index (χ1v) is 7.13. The van der Waals surface area contributed by atoms with Crippen molar-refractivity contribution < 1.29 is 19.2 Å². The van der Waals surface area contributed by atoms with Crippen molar-refractivity contribution in [2.45, 2.75) is 37.8 Å². The minimum atomic E-state index is -1.14. The lowest BCUT2D eigenvalue weighted by Crippen LogP contribution is -2.52. The predicted molar refractivity (Wildman–Crippen MR) is 87.0 cm³/mol. The summed E-state index contributed by atoms with van der Waals surface area (Å²) < 4.78 is 0. The van der Waals surface area contributed by atoms with Crippen LogP contribution in [-0.4, -0.2) is 41.7 Å². The van der Waals surface area contributed by atoms with Gasteiger partial charge in [0.1, 0.15) is 12.1 Å². The van der Waals surface area contributed by atoms with Crippen molar-refractivity contribution in [1.29, 1.82) is 0 Å². The maximum Gasteiger partial charge on any atom is 0.256 e. The molecule has 142 valence electrons. The van der Waals surface area contributed by atoms with Crippen molar-refractivity contribution in [3.05, 3.63) is 0 Å². The van der Waals surface area contributed by atoms with Gasteiger partial charge in [-0.1, -0.05) is 0 Å². The molecule has 14 nitrogen and oxygen atoms in total. The maximum atomic E-state index is 12.3. The molecule has 2 atom stereocenters. The Morgan fingerprint density at radius 2 is 1.32 bits per heavy atom. The normalized spacial score (nSPS) is 12.3. The first-order valence-electron chi connectivity index (χ1n) is 7.13. The van der Waals surface area contributed by atoms with E-state index in [2.05, 4.69) is 10.3 Å². The number of aliphatic imine (C=N–C) groups is 1. The number of hydrogen-bond acceptors (Lipinski definition) is 8. The van der Waals surface area contributed by atoms with Crippen molar-refractivity contribution in [3.63, 3.8) is 0 Å². The number of nitrogens with zero attached hydrogens (tertiary/aromatic N) is 1. The third kappa shape index (κ3) is 9.04. The second-order valence-corrected chi connectivity index (χ2v) is 4.85. The van der Waals surface area contributed by atoms with Gasteiger partial charge in [0.2, 0.25) is 17.7 Å². The van der Waals surface area contributed by atoms with Gasteiger partial charge >= 0.3 is 0 Å². The van der Waals surface area contributed by atoms with E-state index in [-0.39, 0.29) is 31.6 Å². The van der Waals surface area contributed by atoms with E-state index in [1.807, 2.05) is 16.3 Å². The van der Waals surface area contributed by atoms with Crippen LogP contribution in [0.25, 0.3) is 0 Å². The van der Waals surface area contributed by atoms with E-state index < -0.39 is 35.7 Å². The maximum absolute atomic E-state index is 12.3. The highest BCUT2D eigenvalue weighted by Gasteiger charge is 2.26. The second kappa shape index (κ2) is 11.5. The summed E-state index contributed by atoms with van der Waals surface area (Å²) >= 11 is 0. The zero-order chi connectivity index (χ0) is 19.4. The average Bonchev–Trinajstić information content (AvgIpc) is 2.59. The molecule has 0 radical (unpaired) electrons. The van der Waals surface area contributed by atoms with Crippen molar-refractivity contribution in [2.24, 2.45) is 34.0 Å². The summed E-state index contributed by atoms with van der Waals surface area (Å²) in [5.41, 5.74) is 16.2. The standard InChI is InChI=1S/C11H24N10O4/c12-11(13)18-5(1-3-7(22)19-14)9(24)17-6(10(25)21-16)2-4-8(23)20-15/h5-6H,1-4,14-16H2,(H,17,24)(H,19,22)(H,20,23)(H,21,25)(H4,12,13,18)/t5?,6-/m0/s1. The number of nitrogens with two attached hydrogens (primary N) is 5. The number of nitrogens with one attached hydrogen (secondary N) is 4. The molecule has 0 bridgehead atoms.